The van der Waals surface area contributed by atoms with E-state index in [1.165, 1.54) is 59.9 Å². The summed E-state index contributed by atoms with van der Waals surface area (Å²) in [6, 6.07) is 14.1. The van der Waals surface area contributed by atoms with Gasteiger partial charge in [-0.05, 0) is 79.9 Å². The number of nitrogens with one attached hydrogen (secondary N) is 2. The lowest BCUT2D eigenvalue weighted by Gasteiger charge is -2.29. The van der Waals surface area contributed by atoms with E-state index in [1.807, 2.05) is 0 Å². The normalized spacial score (nSPS) is 18.1. The van der Waals surface area contributed by atoms with Gasteiger partial charge in [0.15, 0.2) is 0 Å². The molecule has 27 heavy (non-hydrogen) atoms. The van der Waals surface area contributed by atoms with Crippen LogP contribution in [-0.2, 0) is 12.8 Å². The summed E-state index contributed by atoms with van der Waals surface area (Å²) in [5.41, 5.74) is 8.58. The van der Waals surface area contributed by atoms with Crippen LogP contribution in [0.4, 0.5) is 11.4 Å². The lowest BCUT2D eigenvalue weighted by molar-refractivity contribution is 0.462. The summed E-state index contributed by atoms with van der Waals surface area (Å²) in [4.78, 5) is 3.56. The highest BCUT2D eigenvalue weighted by atomic mass is 15.3. The highest BCUT2D eigenvalue weighted by Crippen LogP contribution is 2.38. The topological polar surface area (TPSA) is 27.8 Å². The van der Waals surface area contributed by atoms with Crippen molar-refractivity contribution < 1.29 is 0 Å². The van der Waals surface area contributed by atoms with Gasteiger partial charge in [0.2, 0.25) is 0 Å². The van der Waals surface area contributed by atoms with Crippen LogP contribution in [0.3, 0.4) is 0 Å². The van der Waals surface area contributed by atoms with Crippen LogP contribution in [-0.4, -0.2) is 32.2 Å². The maximum Gasteiger partial charge on any atom is 0.139 e. The molecule has 0 bridgehead atoms. The van der Waals surface area contributed by atoms with Gasteiger partial charge in [0.05, 0.1) is 19.6 Å². The fourth-order valence-electron chi connectivity index (χ4n) is 5.01. The van der Waals surface area contributed by atoms with Crippen LogP contribution < -0.4 is 9.80 Å². The molecule has 3 nitrogen and oxygen atoms in total. The maximum absolute atomic E-state index is 3.56. The Balaban J connectivity index is 1.51. The third kappa shape index (κ3) is 2.90. The van der Waals surface area contributed by atoms with E-state index in [4.69, 9.17) is 0 Å². The molecule has 1 aliphatic heterocycles. The summed E-state index contributed by atoms with van der Waals surface area (Å²) in [6.45, 7) is 2.27. The fourth-order valence-corrected chi connectivity index (χ4v) is 5.01. The predicted octanol–water partition coefficient (Wildman–Crippen LogP) is 5.02. The molecule has 0 saturated carbocycles. The second-order valence-corrected chi connectivity index (χ2v) is 8.76. The molecule has 1 aliphatic carbocycles. The Bertz CT molecular complexity index is 976. The molecule has 1 aromatic heterocycles. The Morgan fingerprint density at radius 3 is 2.48 bits per heavy atom. The molecular weight excluding hydrogens is 330 g/mol. The molecule has 3 aromatic rings. The van der Waals surface area contributed by atoms with Gasteiger partial charge in [-0.3, -0.25) is 4.48 Å². The van der Waals surface area contributed by atoms with Gasteiger partial charge < -0.3 is 10.3 Å². The van der Waals surface area contributed by atoms with Gasteiger partial charge in [-0.25, -0.2) is 0 Å². The molecule has 2 aromatic carbocycles. The molecule has 0 atom stereocenters. The van der Waals surface area contributed by atoms with Crippen LogP contribution in [0.1, 0.15) is 41.9 Å². The molecule has 0 radical (unpaired) electrons. The van der Waals surface area contributed by atoms with Crippen molar-refractivity contribution in [3.8, 4) is 0 Å². The zero-order valence-corrected chi connectivity index (χ0v) is 16.5. The lowest BCUT2D eigenvalue weighted by atomic mass is 9.90. The average molecular weight is 361 g/mol. The first kappa shape index (κ1) is 17.0. The number of fused-ring (bicyclic) bond motifs is 2. The number of aromatic amines is 1. The zero-order valence-electron chi connectivity index (χ0n) is 16.5. The fraction of sp³-hybridized carbons (Fsp3) is 0.417. The van der Waals surface area contributed by atoms with Crippen molar-refractivity contribution in [2.45, 2.75) is 38.0 Å². The molecule has 140 valence electrons. The Morgan fingerprint density at radius 1 is 0.889 bits per heavy atom. The second-order valence-electron chi connectivity index (χ2n) is 8.76. The number of nitrogens with zero attached hydrogens (tertiary/aromatic N) is 1. The quantitative estimate of drug-likeness (QED) is 0.631. The number of hydrogen-bond donors (Lipinski definition) is 2. The summed E-state index contributed by atoms with van der Waals surface area (Å²) in [6.07, 6.45) is 8.52. The lowest BCUT2D eigenvalue weighted by Crippen LogP contribution is -2.34. The molecule has 2 heterocycles. The molecule has 0 amide bonds. The minimum absolute atomic E-state index is 0.685. The highest BCUT2D eigenvalue weighted by Gasteiger charge is 2.26. The first-order chi connectivity index (χ1) is 13.1. The van der Waals surface area contributed by atoms with Crippen LogP contribution >= 0.6 is 0 Å². The summed E-state index contributed by atoms with van der Waals surface area (Å²) in [5.74, 6) is 0.685. The Morgan fingerprint density at radius 2 is 1.63 bits per heavy atom. The van der Waals surface area contributed by atoms with Crippen LogP contribution in [0.25, 0.3) is 10.9 Å². The number of H-pyrrole nitrogens is 1. The van der Waals surface area contributed by atoms with E-state index in [9.17, 15) is 0 Å². The second kappa shape index (κ2) is 6.50. The number of benzene rings is 2. The standard InChI is InChI=1S/C24H30N3/c1-27(2,20-7-6-17-4-3-5-19(17)14-20)21-8-9-22-23(16-26-24(22)15-21)18-10-12-25-13-11-18/h6-9,14-16,18,25-26H,3-5,10-13H2,1-2H3/q+1. The first-order valence-corrected chi connectivity index (χ1v) is 10.4. The van der Waals surface area contributed by atoms with Crippen molar-refractivity contribution in [1.82, 2.24) is 14.8 Å². The third-order valence-electron chi connectivity index (χ3n) is 6.85. The minimum atomic E-state index is 0.685. The number of aryl methyl sites for hydroxylation is 2. The molecule has 1 saturated heterocycles. The van der Waals surface area contributed by atoms with E-state index in [0.717, 1.165) is 17.6 Å². The Labute approximate surface area is 162 Å². The van der Waals surface area contributed by atoms with Crippen molar-refractivity contribution in [2.75, 3.05) is 27.2 Å². The summed E-state index contributed by atoms with van der Waals surface area (Å²) in [7, 11) is 4.60. The van der Waals surface area contributed by atoms with Gasteiger partial charge in [0.1, 0.15) is 11.4 Å². The van der Waals surface area contributed by atoms with Crippen molar-refractivity contribution >= 4 is 22.3 Å². The molecule has 2 aliphatic rings. The molecular formula is C24H30N3+. The monoisotopic (exact) mass is 360 g/mol. The van der Waals surface area contributed by atoms with Gasteiger partial charge in [-0.2, -0.15) is 0 Å². The van der Waals surface area contributed by atoms with Gasteiger partial charge in [0.25, 0.3) is 0 Å². The zero-order chi connectivity index (χ0) is 18.4. The van der Waals surface area contributed by atoms with Crippen LogP contribution in [0.15, 0.2) is 42.6 Å². The van der Waals surface area contributed by atoms with Crippen molar-refractivity contribution in [1.29, 1.82) is 0 Å². The number of piperidine rings is 1. The molecule has 0 unspecified atom stereocenters. The first-order valence-electron chi connectivity index (χ1n) is 10.4. The van der Waals surface area contributed by atoms with E-state index < -0.39 is 0 Å². The third-order valence-corrected chi connectivity index (χ3v) is 6.85. The number of aromatic nitrogens is 1. The number of quaternary nitrogens is 1. The van der Waals surface area contributed by atoms with Gasteiger partial charge in [-0.15, -0.1) is 0 Å². The van der Waals surface area contributed by atoms with Gasteiger partial charge >= 0.3 is 0 Å². The van der Waals surface area contributed by atoms with Gasteiger partial charge in [-0.1, -0.05) is 6.07 Å². The predicted molar refractivity (Wildman–Crippen MR) is 115 cm³/mol. The van der Waals surface area contributed by atoms with Crippen molar-refractivity contribution in [3.05, 3.63) is 59.3 Å². The van der Waals surface area contributed by atoms with E-state index in [0.29, 0.717) is 5.92 Å². The average Bonchev–Trinajstić information content (AvgIpc) is 3.34. The van der Waals surface area contributed by atoms with E-state index in [-0.39, 0.29) is 0 Å². The molecule has 2 N–H and O–H groups in total. The van der Waals surface area contributed by atoms with Crippen LogP contribution in [0.2, 0.25) is 0 Å². The van der Waals surface area contributed by atoms with Crippen molar-refractivity contribution in [2.24, 2.45) is 0 Å². The minimum Gasteiger partial charge on any atom is -0.361 e. The molecule has 5 rings (SSSR count). The Kier molecular flexibility index (Phi) is 4.10. The molecule has 0 spiro atoms. The smallest absolute Gasteiger partial charge is 0.139 e. The SMILES string of the molecule is C[N+](C)(c1ccc2c(c1)CCC2)c1ccc2c(C3CCNCC3)c[nH]c2c1. The largest absolute Gasteiger partial charge is 0.361 e. The van der Waals surface area contributed by atoms with Crippen LogP contribution in [0.5, 0.6) is 0 Å². The highest BCUT2D eigenvalue weighted by molar-refractivity contribution is 5.87. The molecule has 3 heteroatoms. The van der Waals surface area contributed by atoms with Gasteiger partial charge in [0, 0.05) is 29.8 Å². The Hall–Kier alpha value is -2.10. The van der Waals surface area contributed by atoms with Crippen molar-refractivity contribution in [3.63, 3.8) is 0 Å². The van der Waals surface area contributed by atoms with E-state index in [1.54, 1.807) is 11.1 Å². The summed E-state index contributed by atoms with van der Waals surface area (Å²) >= 11 is 0. The van der Waals surface area contributed by atoms with E-state index >= 15 is 0 Å². The van der Waals surface area contributed by atoms with Crippen LogP contribution in [0, 0.1) is 0 Å². The number of rotatable bonds is 3. The maximum atomic E-state index is 3.56. The summed E-state index contributed by atoms with van der Waals surface area (Å²) in [5, 5.41) is 4.88. The summed E-state index contributed by atoms with van der Waals surface area (Å²) < 4.78 is 0.783. The number of hydrogen-bond acceptors (Lipinski definition) is 1. The molecule has 1 fully saturated rings. The van der Waals surface area contributed by atoms with E-state index in [2.05, 4.69) is 67.0 Å².